The molecule has 1 aliphatic rings. The van der Waals surface area contributed by atoms with Gasteiger partial charge in [-0.3, -0.25) is 4.99 Å². The second-order valence-corrected chi connectivity index (χ2v) is 4.03. The molecule has 98 valence electrons. The second kappa shape index (κ2) is 6.64. The largest absolute Gasteiger partial charge is 0.357 e. The van der Waals surface area contributed by atoms with Gasteiger partial charge in [0.05, 0.1) is 18.4 Å². The van der Waals surface area contributed by atoms with Crippen molar-refractivity contribution in [3.05, 3.63) is 66.0 Å². The fraction of sp³-hybridized carbons (Fsp3) is 0.133. The Labute approximate surface area is 110 Å². The zero-order valence-corrected chi connectivity index (χ0v) is 10.3. The number of nitrogens with zero attached hydrogens (tertiary/aromatic N) is 1. The monoisotopic (exact) mass is 260 g/mol. The van der Waals surface area contributed by atoms with Gasteiger partial charge in [0.25, 0.3) is 0 Å². The Bertz CT molecular complexity index is 557. The van der Waals surface area contributed by atoms with Gasteiger partial charge in [0.1, 0.15) is 0 Å². The summed E-state index contributed by atoms with van der Waals surface area (Å²) in [5.74, 6) is 0. The van der Waals surface area contributed by atoms with Crippen molar-refractivity contribution in [3.8, 4) is 0 Å². The molecule has 0 unspecified atom stereocenters. The molecule has 0 fully saturated rings. The lowest BCUT2D eigenvalue weighted by Gasteiger charge is -2.11. The first-order valence-electron chi connectivity index (χ1n) is 5.97. The molecule has 1 heterocycles. The van der Waals surface area contributed by atoms with Gasteiger partial charge >= 0.3 is 0 Å². The summed E-state index contributed by atoms with van der Waals surface area (Å²) in [5.41, 5.74) is 3.33. The molecule has 2 rings (SSSR count). The average molecular weight is 260 g/mol. The molecule has 0 atom stereocenters. The molecule has 1 aliphatic heterocycles. The maximum absolute atomic E-state index is 12.2. The topological polar surface area (TPSA) is 24.4 Å². The van der Waals surface area contributed by atoms with E-state index in [9.17, 15) is 8.78 Å². The molecule has 0 amide bonds. The molecule has 19 heavy (non-hydrogen) atoms. The zero-order chi connectivity index (χ0) is 13.5. The highest BCUT2D eigenvalue weighted by molar-refractivity contribution is 5.89. The lowest BCUT2D eigenvalue weighted by atomic mass is 10.1. The number of para-hydroxylation sites is 1. The molecule has 0 bridgehead atoms. The number of aliphatic imine (C=N–C) groups is 1. The number of nitrogens with one attached hydrogen (secondary N) is 1. The van der Waals surface area contributed by atoms with Crippen molar-refractivity contribution < 1.29 is 8.78 Å². The van der Waals surface area contributed by atoms with E-state index in [1.165, 1.54) is 12.2 Å². The SMILES string of the molecule is FC=CCC1=C(CC=CF)Nc2ccccc2C=N1. The first-order chi connectivity index (χ1) is 9.35. The van der Waals surface area contributed by atoms with E-state index in [-0.39, 0.29) is 0 Å². The van der Waals surface area contributed by atoms with Crippen LogP contribution in [0.25, 0.3) is 0 Å². The number of fused-ring (bicyclic) bond motifs is 1. The molecular formula is C15H14F2N2. The van der Waals surface area contributed by atoms with E-state index in [1.807, 2.05) is 24.3 Å². The number of hydrogen-bond acceptors (Lipinski definition) is 2. The van der Waals surface area contributed by atoms with Crippen molar-refractivity contribution in [2.24, 2.45) is 4.99 Å². The van der Waals surface area contributed by atoms with E-state index in [2.05, 4.69) is 10.3 Å². The molecule has 1 N–H and O–H groups in total. The molecule has 0 aliphatic carbocycles. The lowest BCUT2D eigenvalue weighted by Crippen LogP contribution is -2.02. The Kier molecular flexibility index (Phi) is 4.61. The van der Waals surface area contributed by atoms with Gasteiger partial charge in [0, 0.05) is 36.0 Å². The molecule has 4 heteroatoms. The Hall–Kier alpha value is -2.23. The fourth-order valence-electron chi connectivity index (χ4n) is 1.85. The highest BCUT2D eigenvalue weighted by Gasteiger charge is 2.10. The third kappa shape index (κ3) is 3.37. The van der Waals surface area contributed by atoms with E-state index in [0.29, 0.717) is 31.2 Å². The number of rotatable bonds is 4. The standard InChI is InChI=1S/C15H14F2N2/c16-9-3-7-14-15(8-4-10-17)19-13-6-2-1-5-12(13)11-18-14/h1-6,9-11,19H,7-8H2. The quantitative estimate of drug-likeness (QED) is 0.847. The van der Waals surface area contributed by atoms with Crippen LogP contribution in [0.4, 0.5) is 14.5 Å². The van der Waals surface area contributed by atoms with E-state index in [0.717, 1.165) is 16.9 Å². The summed E-state index contributed by atoms with van der Waals surface area (Å²) in [6.07, 6.45) is 6.24. The maximum Gasteiger partial charge on any atom is 0.0831 e. The summed E-state index contributed by atoms with van der Waals surface area (Å²) in [4.78, 5) is 4.35. The number of anilines is 1. The first-order valence-corrected chi connectivity index (χ1v) is 5.97. The van der Waals surface area contributed by atoms with Gasteiger partial charge in [-0.25, -0.2) is 8.78 Å². The van der Waals surface area contributed by atoms with Gasteiger partial charge in [-0.15, -0.1) is 0 Å². The Morgan fingerprint density at radius 3 is 2.58 bits per heavy atom. The highest BCUT2D eigenvalue weighted by atomic mass is 19.1. The molecule has 0 radical (unpaired) electrons. The normalized spacial score (nSPS) is 14.8. The molecule has 1 aromatic carbocycles. The van der Waals surface area contributed by atoms with Crippen molar-refractivity contribution in [1.82, 2.24) is 0 Å². The average Bonchev–Trinajstić information content (AvgIpc) is 2.62. The summed E-state index contributed by atoms with van der Waals surface area (Å²) in [5, 5.41) is 3.23. The fourth-order valence-corrected chi connectivity index (χ4v) is 1.85. The van der Waals surface area contributed by atoms with E-state index in [1.54, 1.807) is 6.21 Å². The van der Waals surface area contributed by atoms with Crippen LogP contribution in [0.3, 0.4) is 0 Å². The van der Waals surface area contributed by atoms with Gasteiger partial charge in [-0.2, -0.15) is 0 Å². The van der Waals surface area contributed by atoms with Crippen LogP contribution < -0.4 is 5.32 Å². The smallest absolute Gasteiger partial charge is 0.0831 e. The van der Waals surface area contributed by atoms with Crippen molar-refractivity contribution in [2.75, 3.05) is 5.32 Å². The molecule has 0 spiro atoms. The van der Waals surface area contributed by atoms with Crippen LogP contribution in [0.15, 0.2) is 65.5 Å². The molecule has 2 nitrogen and oxygen atoms in total. The lowest BCUT2D eigenvalue weighted by molar-refractivity contribution is 0.714. The number of hydrogen-bond donors (Lipinski definition) is 1. The predicted octanol–water partition coefficient (Wildman–Crippen LogP) is 4.49. The third-order valence-corrected chi connectivity index (χ3v) is 2.77. The van der Waals surface area contributed by atoms with Crippen LogP contribution in [-0.4, -0.2) is 6.21 Å². The summed E-state index contributed by atoms with van der Waals surface area (Å²) in [6, 6.07) is 7.69. The van der Waals surface area contributed by atoms with Gasteiger partial charge in [-0.05, 0) is 6.07 Å². The summed E-state index contributed by atoms with van der Waals surface area (Å²) >= 11 is 0. The second-order valence-electron chi connectivity index (χ2n) is 4.03. The number of allylic oxidation sites excluding steroid dienone is 2. The minimum atomic E-state index is 0.365. The Morgan fingerprint density at radius 1 is 1.05 bits per heavy atom. The van der Waals surface area contributed by atoms with Crippen LogP contribution in [0.5, 0.6) is 0 Å². The number of halogens is 2. The van der Waals surface area contributed by atoms with Crippen LogP contribution in [-0.2, 0) is 0 Å². The molecule has 0 aromatic heterocycles. The van der Waals surface area contributed by atoms with Gasteiger partial charge in [0.15, 0.2) is 0 Å². The highest BCUT2D eigenvalue weighted by Crippen LogP contribution is 2.24. The Morgan fingerprint density at radius 2 is 1.79 bits per heavy atom. The predicted molar refractivity (Wildman–Crippen MR) is 74.4 cm³/mol. The van der Waals surface area contributed by atoms with Crippen LogP contribution in [0, 0.1) is 0 Å². The molecule has 1 aromatic rings. The third-order valence-electron chi connectivity index (χ3n) is 2.77. The minimum Gasteiger partial charge on any atom is -0.357 e. The molecule has 0 saturated heterocycles. The minimum absolute atomic E-state index is 0.365. The van der Waals surface area contributed by atoms with Gasteiger partial charge in [-0.1, -0.05) is 30.4 Å². The van der Waals surface area contributed by atoms with Gasteiger partial charge in [0.2, 0.25) is 0 Å². The molecule has 0 saturated carbocycles. The van der Waals surface area contributed by atoms with E-state index >= 15 is 0 Å². The Balaban J connectivity index is 2.35. The summed E-state index contributed by atoms with van der Waals surface area (Å²) < 4.78 is 24.3. The van der Waals surface area contributed by atoms with Crippen molar-refractivity contribution >= 4 is 11.9 Å². The molecular weight excluding hydrogens is 246 g/mol. The van der Waals surface area contributed by atoms with Crippen LogP contribution in [0.2, 0.25) is 0 Å². The van der Waals surface area contributed by atoms with E-state index < -0.39 is 0 Å². The van der Waals surface area contributed by atoms with Crippen molar-refractivity contribution in [1.29, 1.82) is 0 Å². The van der Waals surface area contributed by atoms with E-state index in [4.69, 9.17) is 0 Å². The van der Waals surface area contributed by atoms with Crippen LogP contribution in [0.1, 0.15) is 18.4 Å². The first kappa shape index (κ1) is 13.2. The maximum atomic E-state index is 12.2. The summed E-state index contributed by atoms with van der Waals surface area (Å²) in [7, 11) is 0. The van der Waals surface area contributed by atoms with Gasteiger partial charge < -0.3 is 5.32 Å². The summed E-state index contributed by atoms with van der Waals surface area (Å²) in [6.45, 7) is 0. The number of benzene rings is 1. The van der Waals surface area contributed by atoms with Crippen LogP contribution >= 0.6 is 0 Å². The zero-order valence-electron chi connectivity index (χ0n) is 10.3. The van der Waals surface area contributed by atoms with Crippen molar-refractivity contribution in [3.63, 3.8) is 0 Å². The van der Waals surface area contributed by atoms with Crippen molar-refractivity contribution in [2.45, 2.75) is 12.8 Å².